The molecule has 0 fully saturated rings. The fourth-order valence-corrected chi connectivity index (χ4v) is 0.421. The van der Waals surface area contributed by atoms with Gasteiger partial charge >= 0.3 is 0 Å². The summed E-state index contributed by atoms with van der Waals surface area (Å²) in [5.41, 5.74) is 0.345. The molecular weight excluding hydrogens is 126 g/mol. The first-order chi connectivity index (χ1) is 4.66. The van der Waals surface area contributed by atoms with E-state index in [1.165, 1.54) is 12.2 Å². The maximum Gasteiger partial charge on any atom is 0.108 e. The van der Waals surface area contributed by atoms with Gasteiger partial charge in [-0.25, -0.2) is 0 Å². The number of allylic oxidation sites excluding steroid dienone is 4. The van der Waals surface area contributed by atoms with E-state index in [4.69, 9.17) is 10.5 Å². The normalized spacial score (nSPS) is 10.9. The van der Waals surface area contributed by atoms with Crippen molar-refractivity contribution in [3.05, 3.63) is 36.6 Å². The lowest BCUT2D eigenvalue weighted by molar-refractivity contribution is 0.435. The number of aliphatic hydroxyl groups is 1. The molecule has 2 heteroatoms. The highest BCUT2D eigenvalue weighted by Gasteiger charge is 1.80. The Hall–Kier alpha value is -1.31. The molecule has 0 heterocycles. The largest absolute Gasteiger partial charge is 0.509 e. The summed E-state index contributed by atoms with van der Waals surface area (Å²) in [6, 6.07) is 0. The molecule has 0 aromatic carbocycles. The van der Waals surface area contributed by atoms with Crippen LogP contribution >= 0.6 is 0 Å². The van der Waals surface area contributed by atoms with Gasteiger partial charge in [0, 0.05) is 0 Å². The summed E-state index contributed by atoms with van der Waals surface area (Å²) in [6.45, 7) is 5.06. The summed E-state index contributed by atoms with van der Waals surface area (Å²) < 4.78 is 0. The molecule has 2 nitrogen and oxygen atoms in total. The second-order valence-corrected chi connectivity index (χ2v) is 1.78. The minimum absolute atomic E-state index is 0.0331. The molecule has 0 radical (unpaired) electrons. The quantitative estimate of drug-likeness (QED) is 0.349. The number of nitrogens with one attached hydrogen (secondary N) is 1. The predicted octanol–water partition coefficient (Wildman–Crippen LogP) is 2.21. The molecule has 0 spiro atoms. The van der Waals surface area contributed by atoms with Crippen molar-refractivity contribution in [3.63, 3.8) is 0 Å². The molecule has 2 N–H and O–H groups in total. The van der Waals surface area contributed by atoms with Gasteiger partial charge in [0.2, 0.25) is 0 Å². The summed E-state index contributed by atoms with van der Waals surface area (Å²) in [6.07, 6.45) is 6.23. The Morgan fingerprint density at radius 2 is 2.00 bits per heavy atom. The standard InChI is InChI=1S/C8H11NO/c1-3-4-8(9)6-5-7(2)10/h3-6,9-10H,2H2,1H3/b4-3-,6-5-,9-8?. The van der Waals surface area contributed by atoms with Gasteiger partial charge in [0.25, 0.3) is 0 Å². The van der Waals surface area contributed by atoms with Gasteiger partial charge in [-0.05, 0) is 25.2 Å². The molecule has 0 saturated heterocycles. The smallest absolute Gasteiger partial charge is 0.108 e. The SMILES string of the molecule is C=C(O)/C=C\C(=N)/C=C\C. The third kappa shape index (κ3) is 4.84. The predicted molar refractivity (Wildman–Crippen MR) is 43.4 cm³/mol. The molecule has 0 aliphatic heterocycles. The van der Waals surface area contributed by atoms with Gasteiger partial charge < -0.3 is 10.5 Å². The molecule has 0 saturated carbocycles. The maximum absolute atomic E-state index is 8.57. The van der Waals surface area contributed by atoms with Gasteiger partial charge in [-0.15, -0.1) is 0 Å². The molecule has 0 bridgehead atoms. The zero-order valence-electron chi connectivity index (χ0n) is 5.96. The summed E-state index contributed by atoms with van der Waals surface area (Å²) in [7, 11) is 0. The van der Waals surface area contributed by atoms with Crippen LogP contribution in [0, 0.1) is 5.41 Å². The Kier molecular flexibility index (Phi) is 3.96. The van der Waals surface area contributed by atoms with Crippen LogP contribution in [0.3, 0.4) is 0 Å². The third-order valence-electron chi connectivity index (χ3n) is 0.802. The van der Waals surface area contributed by atoms with E-state index in [-0.39, 0.29) is 5.76 Å². The van der Waals surface area contributed by atoms with E-state index >= 15 is 0 Å². The maximum atomic E-state index is 8.57. The van der Waals surface area contributed by atoms with Crippen molar-refractivity contribution in [2.24, 2.45) is 0 Å². The Balaban J connectivity index is 3.90. The van der Waals surface area contributed by atoms with Crippen molar-refractivity contribution in [1.29, 1.82) is 5.41 Å². The molecule has 0 rings (SSSR count). The Labute approximate surface area is 60.7 Å². The summed E-state index contributed by atoms with van der Waals surface area (Å²) in [4.78, 5) is 0. The second-order valence-electron chi connectivity index (χ2n) is 1.78. The first-order valence-electron chi connectivity index (χ1n) is 2.94. The van der Waals surface area contributed by atoms with Gasteiger partial charge in [-0.1, -0.05) is 12.7 Å². The van der Waals surface area contributed by atoms with Crippen molar-refractivity contribution in [1.82, 2.24) is 0 Å². The molecule has 0 aliphatic carbocycles. The Morgan fingerprint density at radius 3 is 2.40 bits per heavy atom. The van der Waals surface area contributed by atoms with Crippen LogP contribution in [-0.4, -0.2) is 10.8 Å². The average Bonchev–Trinajstić information content (AvgIpc) is 1.85. The van der Waals surface area contributed by atoms with Crippen LogP contribution in [0.2, 0.25) is 0 Å². The van der Waals surface area contributed by atoms with Crippen molar-refractivity contribution < 1.29 is 5.11 Å². The molecule has 0 aromatic rings. The van der Waals surface area contributed by atoms with Crippen LogP contribution in [0.5, 0.6) is 0 Å². The lowest BCUT2D eigenvalue weighted by Gasteiger charge is -1.85. The molecule has 0 atom stereocenters. The summed E-state index contributed by atoms with van der Waals surface area (Å²) in [5, 5.41) is 15.7. The van der Waals surface area contributed by atoms with E-state index in [9.17, 15) is 0 Å². The van der Waals surface area contributed by atoms with Gasteiger partial charge in [0.1, 0.15) is 5.76 Å². The van der Waals surface area contributed by atoms with Crippen LogP contribution in [0.4, 0.5) is 0 Å². The highest BCUT2D eigenvalue weighted by molar-refractivity contribution is 6.01. The van der Waals surface area contributed by atoms with E-state index in [2.05, 4.69) is 6.58 Å². The van der Waals surface area contributed by atoms with E-state index in [1.807, 2.05) is 6.92 Å². The van der Waals surface area contributed by atoms with Crippen LogP contribution in [0.25, 0.3) is 0 Å². The monoisotopic (exact) mass is 137 g/mol. The summed E-state index contributed by atoms with van der Waals surface area (Å²) in [5.74, 6) is -0.0331. The zero-order valence-corrected chi connectivity index (χ0v) is 5.96. The second kappa shape index (κ2) is 4.56. The highest BCUT2D eigenvalue weighted by atomic mass is 16.3. The lowest BCUT2D eigenvalue weighted by atomic mass is 10.3. The van der Waals surface area contributed by atoms with Crippen LogP contribution in [-0.2, 0) is 0 Å². The molecule has 54 valence electrons. The van der Waals surface area contributed by atoms with E-state index in [0.717, 1.165) is 0 Å². The molecule has 0 amide bonds. The zero-order chi connectivity index (χ0) is 7.98. The number of aliphatic hydroxyl groups excluding tert-OH is 1. The number of hydrogen-bond acceptors (Lipinski definition) is 2. The van der Waals surface area contributed by atoms with Crippen molar-refractivity contribution in [2.75, 3.05) is 0 Å². The topological polar surface area (TPSA) is 44.1 Å². The molecule has 0 unspecified atom stereocenters. The minimum atomic E-state index is -0.0331. The molecule has 0 aliphatic rings. The highest BCUT2D eigenvalue weighted by Crippen LogP contribution is 1.87. The van der Waals surface area contributed by atoms with Crippen LogP contribution < -0.4 is 0 Å². The van der Waals surface area contributed by atoms with Crippen LogP contribution in [0.15, 0.2) is 36.6 Å². The lowest BCUT2D eigenvalue weighted by Crippen LogP contribution is -1.82. The van der Waals surface area contributed by atoms with E-state index in [1.54, 1.807) is 12.2 Å². The van der Waals surface area contributed by atoms with Gasteiger partial charge in [-0.2, -0.15) is 0 Å². The number of hydrogen-bond donors (Lipinski definition) is 2. The first kappa shape index (κ1) is 8.69. The van der Waals surface area contributed by atoms with Crippen molar-refractivity contribution >= 4 is 5.71 Å². The minimum Gasteiger partial charge on any atom is -0.509 e. The Bertz CT molecular complexity index is 189. The average molecular weight is 137 g/mol. The van der Waals surface area contributed by atoms with Gasteiger partial charge in [0.05, 0.1) is 5.71 Å². The third-order valence-corrected chi connectivity index (χ3v) is 0.802. The fourth-order valence-electron chi connectivity index (χ4n) is 0.421. The fraction of sp³-hybridized carbons (Fsp3) is 0.125. The van der Waals surface area contributed by atoms with Crippen LogP contribution in [0.1, 0.15) is 6.92 Å². The molecule has 0 aromatic heterocycles. The summed E-state index contributed by atoms with van der Waals surface area (Å²) >= 11 is 0. The molecule has 10 heavy (non-hydrogen) atoms. The van der Waals surface area contributed by atoms with E-state index < -0.39 is 0 Å². The van der Waals surface area contributed by atoms with E-state index in [0.29, 0.717) is 5.71 Å². The Morgan fingerprint density at radius 1 is 1.40 bits per heavy atom. The first-order valence-corrected chi connectivity index (χ1v) is 2.94. The molecular formula is C8H11NO. The number of rotatable bonds is 3. The van der Waals surface area contributed by atoms with Gasteiger partial charge in [-0.3, -0.25) is 0 Å². The van der Waals surface area contributed by atoms with Gasteiger partial charge in [0.15, 0.2) is 0 Å². The van der Waals surface area contributed by atoms with Crippen molar-refractivity contribution in [2.45, 2.75) is 6.92 Å². The van der Waals surface area contributed by atoms with Crippen molar-refractivity contribution in [3.8, 4) is 0 Å².